The van der Waals surface area contributed by atoms with Gasteiger partial charge < -0.3 is 14.4 Å². The van der Waals surface area contributed by atoms with Crippen LogP contribution in [-0.4, -0.2) is 42.9 Å². The number of nitrogens with one attached hydrogen (secondary N) is 1. The van der Waals surface area contributed by atoms with Gasteiger partial charge in [-0.05, 0) is 18.8 Å². The Kier molecular flexibility index (Phi) is 2.52. The predicted molar refractivity (Wildman–Crippen MR) is 45.1 cm³/mol. The fourth-order valence-electron chi connectivity index (χ4n) is 2.20. The normalized spacial score (nSPS) is 42.7. The predicted octanol–water partition coefficient (Wildman–Crippen LogP) is -1.43. The summed E-state index contributed by atoms with van der Waals surface area (Å²) in [6.45, 7) is 0.540. The maximum Gasteiger partial charge on any atom is 0.159 e. The van der Waals surface area contributed by atoms with Crippen LogP contribution in [0.15, 0.2) is 0 Å². The molecule has 1 aliphatic heterocycles. The van der Waals surface area contributed by atoms with Gasteiger partial charge in [-0.25, -0.2) is 13.1 Å². The van der Waals surface area contributed by atoms with Crippen molar-refractivity contribution in [2.45, 2.75) is 31.1 Å². The summed E-state index contributed by atoms with van der Waals surface area (Å²) in [6, 6.07) is -0.781. The molecule has 1 saturated heterocycles. The molecular formula is C7H12NO5S-. The second-order valence-corrected chi connectivity index (χ2v) is 5.02. The maximum absolute atomic E-state index is 10.5. The van der Waals surface area contributed by atoms with Gasteiger partial charge in [0.15, 0.2) is 10.3 Å². The Hall–Kier alpha value is -0.210. The molecule has 2 unspecified atom stereocenters. The molecule has 7 heteroatoms. The van der Waals surface area contributed by atoms with Crippen LogP contribution in [0.2, 0.25) is 0 Å². The molecular weight excluding hydrogens is 210 g/mol. The van der Waals surface area contributed by atoms with E-state index in [0.29, 0.717) is 25.4 Å². The first kappa shape index (κ1) is 10.3. The summed E-state index contributed by atoms with van der Waals surface area (Å²) in [6.07, 6.45) is 0.0333. The van der Waals surface area contributed by atoms with Crippen LogP contribution in [0, 0.1) is 5.92 Å². The number of ether oxygens (including phenoxy) is 1. The lowest BCUT2D eigenvalue weighted by molar-refractivity contribution is 0.0271. The fourth-order valence-corrected chi connectivity index (χ4v) is 2.84. The molecule has 0 radical (unpaired) electrons. The highest BCUT2D eigenvalue weighted by molar-refractivity contribution is 7.83. The SMILES string of the molecule is O=S(=O)([O-])NC1[C@@H]2CC(CO2)C[C@@H]1O. The molecule has 1 aliphatic carbocycles. The minimum atomic E-state index is -4.52. The third kappa shape index (κ3) is 2.06. The van der Waals surface area contributed by atoms with Crippen LogP contribution in [0.25, 0.3) is 0 Å². The third-order valence-corrected chi connectivity index (χ3v) is 3.34. The van der Waals surface area contributed by atoms with E-state index in [4.69, 9.17) is 4.74 Å². The van der Waals surface area contributed by atoms with Gasteiger partial charge in [-0.3, -0.25) is 0 Å². The van der Waals surface area contributed by atoms with Crippen molar-refractivity contribution in [2.24, 2.45) is 5.92 Å². The molecule has 4 atom stereocenters. The Bertz CT molecular complexity index is 316. The van der Waals surface area contributed by atoms with Crippen LogP contribution < -0.4 is 4.72 Å². The topological polar surface area (TPSA) is 98.7 Å². The van der Waals surface area contributed by atoms with Crippen LogP contribution in [0.5, 0.6) is 0 Å². The van der Waals surface area contributed by atoms with Gasteiger partial charge in [0.2, 0.25) is 0 Å². The zero-order chi connectivity index (χ0) is 10.3. The van der Waals surface area contributed by atoms with Gasteiger partial charge >= 0.3 is 0 Å². The Morgan fingerprint density at radius 3 is 2.79 bits per heavy atom. The summed E-state index contributed by atoms with van der Waals surface area (Å²) in [5, 5.41) is 9.57. The van der Waals surface area contributed by atoms with Crippen molar-refractivity contribution in [2.75, 3.05) is 6.61 Å². The molecule has 2 N–H and O–H groups in total. The number of aliphatic hydroxyl groups is 1. The monoisotopic (exact) mass is 222 g/mol. The van der Waals surface area contributed by atoms with Gasteiger partial charge in [0.25, 0.3) is 0 Å². The number of hydrogen-bond acceptors (Lipinski definition) is 5. The van der Waals surface area contributed by atoms with E-state index in [2.05, 4.69) is 0 Å². The molecule has 2 bridgehead atoms. The van der Waals surface area contributed by atoms with E-state index < -0.39 is 22.4 Å². The molecule has 6 nitrogen and oxygen atoms in total. The van der Waals surface area contributed by atoms with Crippen molar-refractivity contribution in [3.8, 4) is 0 Å². The van der Waals surface area contributed by atoms with Crippen LogP contribution in [0.4, 0.5) is 0 Å². The summed E-state index contributed by atoms with van der Waals surface area (Å²) in [4.78, 5) is 0. The standard InChI is InChI=1S/C7H13NO5S/c9-5-1-4-2-6(13-3-4)7(5)8-14(10,11)12/h4-9H,1-3H2,(H,10,11,12)/p-1/t4?,5-,6-,7?/m0/s1. The first-order valence-corrected chi connectivity index (χ1v) is 5.89. The zero-order valence-electron chi connectivity index (χ0n) is 7.42. The van der Waals surface area contributed by atoms with E-state index in [1.165, 1.54) is 0 Å². The lowest BCUT2D eigenvalue weighted by atomic mass is 9.85. The first-order valence-electron chi connectivity index (χ1n) is 4.48. The number of hydrogen-bond donors (Lipinski definition) is 2. The Morgan fingerprint density at radius 1 is 1.43 bits per heavy atom. The Morgan fingerprint density at radius 2 is 2.14 bits per heavy atom. The maximum atomic E-state index is 10.5. The lowest BCUT2D eigenvalue weighted by Crippen LogP contribution is -2.52. The zero-order valence-corrected chi connectivity index (χ0v) is 8.24. The highest BCUT2D eigenvalue weighted by atomic mass is 32.2. The minimum absolute atomic E-state index is 0.294. The van der Waals surface area contributed by atoms with E-state index in [-0.39, 0.29) is 6.10 Å². The highest BCUT2D eigenvalue weighted by Gasteiger charge is 2.42. The van der Waals surface area contributed by atoms with Crippen molar-refractivity contribution in [1.82, 2.24) is 4.72 Å². The van der Waals surface area contributed by atoms with Crippen LogP contribution in [0.3, 0.4) is 0 Å². The van der Waals surface area contributed by atoms with Gasteiger partial charge in [-0.2, -0.15) is 0 Å². The summed E-state index contributed by atoms with van der Waals surface area (Å²) in [5.74, 6) is 0.294. The van der Waals surface area contributed by atoms with Gasteiger partial charge in [-0.1, -0.05) is 0 Å². The van der Waals surface area contributed by atoms with Gasteiger partial charge in [0, 0.05) is 0 Å². The molecule has 1 heterocycles. The van der Waals surface area contributed by atoms with E-state index in [1.807, 2.05) is 4.72 Å². The van der Waals surface area contributed by atoms with Crippen molar-refractivity contribution >= 4 is 10.3 Å². The Labute approximate surface area is 82.1 Å². The fraction of sp³-hybridized carbons (Fsp3) is 1.00. The molecule has 0 spiro atoms. The largest absolute Gasteiger partial charge is 0.735 e. The van der Waals surface area contributed by atoms with Crippen molar-refractivity contribution in [3.05, 3.63) is 0 Å². The van der Waals surface area contributed by atoms with E-state index >= 15 is 0 Å². The highest BCUT2D eigenvalue weighted by Crippen LogP contribution is 2.33. The van der Waals surface area contributed by atoms with Gasteiger partial charge in [-0.15, -0.1) is 0 Å². The van der Waals surface area contributed by atoms with Gasteiger partial charge in [0.05, 0.1) is 24.9 Å². The van der Waals surface area contributed by atoms with Crippen molar-refractivity contribution in [3.63, 3.8) is 0 Å². The molecule has 0 aromatic carbocycles. The average Bonchev–Trinajstić information content (AvgIpc) is 2.41. The quantitative estimate of drug-likeness (QED) is 0.558. The summed E-state index contributed by atoms with van der Waals surface area (Å²) < 4.78 is 38.6. The average molecular weight is 222 g/mol. The van der Waals surface area contributed by atoms with E-state index in [0.717, 1.165) is 0 Å². The van der Waals surface area contributed by atoms with Crippen LogP contribution in [0.1, 0.15) is 12.8 Å². The summed E-state index contributed by atoms with van der Waals surface area (Å²) in [7, 11) is -4.52. The molecule has 2 rings (SSSR count). The molecule has 1 saturated carbocycles. The molecule has 82 valence electrons. The smallest absolute Gasteiger partial charge is 0.159 e. The summed E-state index contributed by atoms with van der Waals surface area (Å²) in [5.41, 5.74) is 0. The van der Waals surface area contributed by atoms with E-state index in [1.54, 1.807) is 0 Å². The molecule has 0 aromatic rings. The molecule has 0 amide bonds. The molecule has 2 fully saturated rings. The van der Waals surface area contributed by atoms with Crippen molar-refractivity contribution < 1.29 is 22.8 Å². The summed E-state index contributed by atoms with van der Waals surface area (Å²) >= 11 is 0. The van der Waals surface area contributed by atoms with E-state index in [9.17, 15) is 18.1 Å². The first-order chi connectivity index (χ1) is 6.46. The molecule has 0 aromatic heterocycles. The Balaban J connectivity index is 2.09. The third-order valence-electron chi connectivity index (χ3n) is 2.78. The van der Waals surface area contributed by atoms with Gasteiger partial charge in [0.1, 0.15) is 0 Å². The molecule has 2 aliphatic rings. The minimum Gasteiger partial charge on any atom is -0.735 e. The number of fused-ring (bicyclic) bond motifs is 2. The van der Waals surface area contributed by atoms with Crippen LogP contribution >= 0.6 is 0 Å². The van der Waals surface area contributed by atoms with Crippen molar-refractivity contribution in [1.29, 1.82) is 0 Å². The second kappa shape index (κ2) is 3.42. The number of aliphatic hydroxyl groups excluding tert-OH is 1. The molecule has 14 heavy (non-hydrogen) atoms. The van der Waals surface area contributed by atoms with Crippen LogP contribution in [-0.2, 0) is 15.0 Å². The number of rotatable bonds is 2. The second-order valence-electron chi connectivity index (χ2n) is 3.87. The lowest BCUT2D eigenvalue weighted by Gasteiger charge is -2.33.